The van der Waals surface area contributed by atoms with Crippen molar-refractivity contribution in [2.75, 3.05) is 0 Å². The first-order chi connectivity index (χ1) is 10.0. The van der Waals surface area contributed by atoms with Gasteiger partial charge in [-0.3, -0.25) is 4.79 Å². The maximum absolute atomic E-state index is 11.9. The van der Waals surface area contributed by atoms with Gasteiger partial charge in [0.05, 0.1) is 0 Å². The van der Waals surface area contributed by atoms with Crippen LogP contribution < -0.4 is 5.73 Å². The standard InChI is InChI=1S/C18H21NO2/c1-13-8-14(2)10-16(9-13)12-21-18(20)17(19)11-15-6-4-3-5-7-15/h3-10,17H,11-12,19H2,1-2H3/t17-/m0/s1. The highest BCUT2D eigenvalue weighted by Crippen LogP contribution is 2.11. The molecule has 0 aromatic heterocycles. The summed E-state index contributed by atoms with van der Waals surface area (Å²) in [4.78, 5) is 11.9. The first-order valence-corrected chi connectivity index (χ1v) is 7.08. The summed E-state index contributed by atoms with van der Waals surface area (Å²) in [5, 5.41) is 0. The van der Waals surface area contributed by atoms with Gasteiger partial charge in [-0.2, -0.15) is 0 Å². The zero-order valence-corrected chi connectivity index (χ0v) is 12.5. The van der Waals surface area contributed by atoms with Crippen LogP contribution in [0.15, 0.2) is 48.5 Å². The molecule has 0 saturated heterocycles. The lowest BCUT2D eigenvalue weighted by atomic mass is 10.1. The summed E-state index contributed by atoms with van der Waals surface area (Å²) in [6, 6.07) is 15.2. The van der Waals surface area contributed by atoms with Crippen LogP contribution in [0.2, 0.25) is 0 Å². The Kier molecular flexibility index (Phi) is 5.12. The van der Waals surface area contributed by atoms with Crippen LogP contribution in [0, 0.1) is 13.8 Å². The van der Waals surface area contributed by atoms with Crippen molar-refractivity contribution in [1.29, 1.82) is 0 Å². The fraction of sp³-hybridized carbons (Fsp3) is 0.278. The lowest BCUT2D eigenvalue weighted by Gasteiger charge is -2.12. The molecule has 0 saturated carbocycles. The molecular weight excluding hydrogens is 262 g/mol. The van der Waals surface area contributed by atoms with E-state index in [4.69, 9.17) is 10.5 Å². The third-order valence-corrected chi connectivity index (χ3v) is 3.26. The summed E-state index contributed by atoms with van der Waals surface area (Å²) < 4.78 is 5.31. The van der Waals surface area contributed by atoms with Crippen molar-refractivity contribution >= 4 is 5.97 Å². The molecule has 0 spiro atoms. The number of rotatable bonds is 5. The molecule has 0 radical (unpaired) electrons. The van der Waals surface area contributed by atoms with E-state index < -0.39 is 6.04 Å². The molecule has 110 valence electrons. The maximum atomic E-state index is 11.9. The van der Waals surface area contributed by atoms with E-state index in [0.717, 1.165) is 22.3 Å². The van der Waals surface area contributed by atoms with Gasteiger partial charge >= 0.3 is 5.97 Å². The zero-order chi connectivity index (χ0) is 15.2. The van der Waals surface area contributed by atoms with Crippen molar-refractivity contribution in [3.8, 4) is 0 Å². The van der Waals surface area contributed by atoms with E-state index in [2.05, 4.69) is 6.07 Å². The Labute approximate surface area is 125 Å². The zero-order valence-electron chi connectivity index (χ0n) is 12.5. The predicted octanol–water partition coefficient (Wildman–Crippen LogP) is 2.92. The van der Waals surface area contributed by atoms with E-state index in [1.54, 1.807) is 0 Å². The number of carbonyl (C=O) groups is 1. The lowest BCUT2D eigenvalue weighted by Crippen LogP contribution is -2.34. The molecule has 0 bridgehead atoms. The maximum Gasteiger partial charge on any atom is 0.323 e. The molecule has 2 rings (SSSR count). The van der Waals surface area contributed by atoms with Crippen LogP contribution in [0.1, 0.15) is 22.3 Å². The third kappa shape index (κ3) is 4.72. The van der Waals surface area contributed by atoms with Crippen LogP contribution in [0.5, 0.6) is 0 Å². The summed E-state index contributed by atoms with van der Waals surface area (Å²) in [6.45, 7) is 4.32. The normalized spacial score (nSPS) is 12.0. The number of benzene rings is 2. The Morgan fingerprint density at radius 1 is 1.05 bits per heavy atom. The summed E-state index contributed by atoms with van der Waals surface area (Å²) >= 11 is 0. The minimum absolute atomic E-state index is 0.268. The SMILES string of the molecule is Cc1cc(C)cc(COC(=O)[C@@H](N)Cc2ccccc2)c1. The van der Waals surface area contributed by atoms with Crippen LogP contribution in [-0.2, 0) is 22.6 Å². The molecule has 0 aliphatic heterocycles. The molecule has 2 aromatic rings. The van der Waals surface area contributed by atoms with Gasteiger partial charge in [0, 0.05) is 0 Å². The second-order valence-corrected chi connectivity index (χ2v) is 5.40. The monoisotopic (exact) mass is 283 g/mol. The van der Waals surface area contributed by atoms with Gasteiger partial charge in [-0.1, -0.05) is 59.7 Å². The van der Waals surface area contributed by atoms with E-state index in [9.17, 15) is 4.79 Å². The molecule has 0 heterocycles. The van der Waals surface area contributed by atoms with Gasteiger partial charge in [0.15, 0.2) is 0 Å². The summed E-state index contributed by atoms with van der Waals surface area (Å²) in [5.41, 5.74) is 10.3. The van der Waals surface area contributed by atoms with Gasteiger partial charge in [0.2, 0.25) is 0 Å². The highest BCUT2D eigenvalue weighted by atomic mass is 16.5. The molecule has 0 amide bonds. The van der Waals surface area contributed by atoms with Gasteiger partial charge in [0.1, 0.15) is 12.6 Å². The molecule has 0 unspecified atom stereocenters. The number of carbonyl (C=O) groups excluding carboxylic acids is 1. The molecule has 2 aromatic carbocycles. The number of hydrogen-bond acceptors (Lipinski definition) is 3. The molecule has 3 nitrogen and oxygen atoms in total. The average molecular weight is 283 g/mol. The van der Waals surface area contributed by atoms with E-state index in [1.807, 2.05) is 56.3 Å². The smallest absolute Gasteiger partial charge is 0.323 e. The fourth-order valence-electron chi connectivity index (χ4n) is 2.37. The molecule has 3 heteroatoms. The highest BCUT2D eigenvalue weighted by molar-refractivity contribution is 5.75. The summed E-state index contributed by atoms with van der Waals surface area (Å²) in [5.74, 6) is -0.363. The molecule has 2 N–H and O–H groups in total. The molecule has 1 atom stereocenters. The Bertz CT molecular complexity index is 588. The van der Waals surface area contributed by atoms with Crippen LogP contribution in [0.25, 0.3) is 0 Å². The minimum atomic E-state index is -0.627. The first-order valence-electron chi connectivity index (χ1n) is 7.08. The van der Waals surface area contributed by atoms with E-state index in [0.29, 0.717) is 6.42 Å². The van der Waals surface area contributed by atoms with Crippen LogP contribution in [0.4, 0.5) is 0 Å². The van der Waals surface area contributed by atoms with Crippen LogP contribution in [0.3, 0.4) is 0 Å². The van der Waals surface area contributed by atoms with Crippen molar-refractivity contribution in [3.05, 3.63) is 70.8 Å². The number of aryl methyl sites for hydroxylation is 2. The van der Waals surface area contributed by atoms with E-state index in [1.165, 1.54) is 0 Å². The van der Waals surface area contributed by atoms with Crippen molar-refractivity contribution in [2.24, 2.45) is 5.73 Å². The molecule has 0 fully saturated rings. The highest BCUT2D eigenvalue weighted by Gasteiger charge is 2.15. The van der Waals surface area contributed by atoms with Crippen molar-refractivity contribution < 1.29 is 9.53 Å². The average Bonchev–Trinajstić information content (AvgIpc) is 2.44. The molecular formula is C18H21NO2. The number of nitrogens with two attached hydrogens (primary N) is 1. The van der Waals surface area contributed by atoms with Crippen molar-refractivity contribution in [1.82, 2.24) is 0 Å². The Morgan fingerprint density at radius 2 is 1.67 bits per heavy atom. The van der Waals surface area contributed by atoms with Gasteiger partial charge in [-0.15, -0.1) is 0 Å². The Hall–Kier alpha value is -2.13. The molecule has 21 heavy (non-hydrogen) atoms. The number of esters is 1. The van der Waals surface area contributed by atoms with Gasteiger partial charge in [-0.25, -0.2) is 0 Å². The summed E-state index contributed by atoms with van der Waals surface area (Å²) in [6.07, 6.45) is 0.493. The van der Waals surface area contributed by atoms with Gasteiger partial charge in [-0.05, 0) is 31.4 Å². The van der Waals surface area contributed by atoms with Crippen molar-refractivity contribution in [3.63, 3.8) is 0 Å². The second-order valence-electron chi connectivity index (χ2n) is 5.40. The fourth-order valence-corrected chi connectivity index (χ4v) is 2.37. The van der Waals surface area contributed by atoms with Crippen LogP contribution in [-0.4, -0.2) is 12.0 Å². The Balaban J connectivity index is 1.89. The van der Waals surface area contributed by atoms with Crippen molar-refractivity contribution in [2.45, 2.75) is 32.9 Å². The van der Waals surface area contributed by atoms with Crippen LogP contribution >= 0.6 is 0 Å². The van der Waals surface area contributed by atoms with Gasteiger partial charge in [0.25, 0.3) is 0 Å². The third-order valence-electron chi connectivity index (χ3n) is 3.26. The van der Waals surface area contributed by atoms with E-state index in [-0.39, 0.29) is 12.6 Å². The minimum Gasteiger partial charge on any atom is -0.460 e. The molecule has 0 aliphatic carbocycles. The van der Waals surface area contributed by atoms with E-state index >= 15 is 0 Å². The summed E-state index contributed by atoms with van der Waals surface area (Å²) in [7, 11) is 0. The first kappa shape index (κ1) is 15.3. The topological polar surface area (TPSA) is 52.3 Å². The quantitative estimate of drug-likeness (QED) is 0.858. The van der Waals surface area contributed by atoms with Gasteiger partial charge < -0.3 is 10.5 Å². The lowest BCUT2D eigenvalue weighted by molar-refractivity contribution is -0.146. The predicted molar refractivity (Wildman–Crippen MR) is 83.8 cm³/mol. The largest absolute Gasteiger partial charge is 0.460 e. The second kappa shape index (κ2) is 7.04. The number of hydrogen-bond donors (Lipinski definition) is 1. The Morgan fingerprint density at radius 3 is 2.29 bits per heavy atom. The number of ether oxygens (including phenoxy) is 1. The molecule has 0 aliphatic rings.